The van der Waals surface area contributed by atoms with Crippen molar-refractivity contribution in [3.05, 3.63) is 71.3 Å². The lowest BCUT2D eigenvalue weighted by atomic mass is 9.61. The summed E-state index contributed by atoms with van der Waals surface area (Å²) < 4.78 is 19.1. The molecule has 0 aromatic heterocycles. The van der Waals surface area contributed by atoms with E-state index < -0.39 is 21.4 Å². The Morgan fingerprint density at radius 1 is 0.553 bits per heavy atom. The van der Waals surface area contributed by atoms with Crippen molar-refractivity contribution < 1.29 is 13.7 Å². The average Bonchev–Trinajstić information content (AvgIpc) is 2.81. The molecule has 0 unspecified atom stereocenters. The van der Waals surface area contributed by atoms with E-state index in [1.165, 1.54) is 0 Å². The molecule has 1 heterocycles. The summed E-state index contributed by atoms with van der Waals surface area (Å²) in [4.78, 5) is 0. The Morgan fingerprint density at radius 3 is 1.18 bits per heavy atom. The van der Waals surface area contributed by atoms with Crippen LogP contribution in [0.15, 0.2) is 54.6 Å². The minimum Gasteiger partial charge on any atom is -0.445 e. The van der Waals surface area contributed by atoms with Gasteiger partial charge in [0.2, 0.25) is 0 Å². The molecular weight excluding hydrogens is 471 g/mol. The second-order valence-electron chi connectivity index (χ2n) is 12.6. The zero-order chi connectivity index (χ0) is 28.0. The summed E-state index contributed by atoms with van der Waals surface area (Å²) in [5.74, 6) is 0.315. The molecule has 6 N–H and O–H groups in total. The molecule has 0 amide bonds. The molecule has 9 heteroatoms. The van der Waals surface area contributed by atoms with Gasteiger partial charge in [0.15, 0.2) is 0 Å². The fraction of sp³-hybridized carbons (Fsp3) is 0.379. The van der Waals surface area contributed by atoms with Gasteiger partial charge in [0.05, 0.1) is 0 Å². The minimum absolute atomic E-state index is 0.0763. The monoisotopic (exact) mass is 511 g/mol. The largest absolute Gasteiger partial charge is 0.467 e. The third-order valence-corrected chi connectivity index (χ3v) is 7.06. The molecule has 4 rings (SSSR count). The second-order valence-corrected chi connectivity index (χ2v) is 12.6. The number of nitrogen functional groups attached to an aromatic ring is 3. The Morgan fingerprint density at radius 2 is 0.895 bits per heavy atom. The van der Waals surface area contributed by atoms with Crippen LogP contribution in [-0.2, 0) is 24.5 Å². The summed E-state index contributed by atoms with van der Waals surface area (Å²) in [6.07, 6.45) is 0. The molecule has 0 bridgehead atoms. The van der Waals surface area contributed by atoms with Crippen molar-refractivity contribution in [1.29, 1.82) is 0 Å². The van der Waals surface area contributed by atoms with Gasteiger partial charge in [-0.05, 0) is 68.0 Å². The fourth-order valence-corrected chi connectivity index (χ4v) is 4.99. The summed E-state index contributed by atoms with van der Waals surface area (Å²) >= 11 is 0. The van der Waals surface area contributed by atoms with E-state index in [9.17, 15) is 0 Å². The summed E-state index contributed by atoms with van der Waals surface area (Å²) in [5.41, 5.74) is 27.0. The van der Waals surface area contributed by atoms with Crippen LogP contribution in [0.4, 0.5) is 17.1 Å². The van der Waals surface area contributed by atoms with E-state index in [-0.39, 0.29) is 10.8 Å². The van der Waals surface area contributed by atoms with Gasteiger partial charge in [-0.3, -0.25) is 0 Å². The molecule has 38 heavy (non-hydrogen) atoms. The first-order valence-electron chi connectivity index (χ1n) is 13.3. The van der Waals surface area contributed by atoms with Gasteiger partial charge in [0.1, 0.15) is 0 Å². The molecule has 1 fully saturated rings. The van der Waals surface area contributed by atoms with Gasteiger partial charge in [-0.2, -0.15) is 0 Å². The number of benzene rings is 3. The molecule has 6 nitrogen and oxygen atoms in total. The zero-order valence-corrected chi connectivity index (χ0v) is 24.0. The van der Waals surface area contributed by atoms with Gasteiger partial charge in [0.25, 0.3) is 0 Å². The quantitative estimate of drug-likeness (QED) is 0.365. The van der Waals surface area contributed by atoms with E-state index in [1.807, 2.05) is 54.6 Å². The lowest BCUT2D eigenvalue weighted by Gasteiger charge is -2.32. The van der Waals surface area contributed by atoms with Crippen molar-refractivity contribution in [2.45, 2.75) is 72.1 Å². The highest BCUT2D eigenvalue weighted by molar-refractivity contribution is 6.87. The third-order valence-electron chi connectivity index (χ3n) is 7.06. The Bertz CT molecular complexity index is 1250. The van der Waals surface area contributed by atoms with E-state index in [0.29, 0.717) is 23.0 Å². The van der Waals surface area contributed by atoms with Crippen LogP contribution in [0.5, 0.6) is 0 Å². The average molecular weight is 511 g/mol. The van der Waals surface area contributed by atoms with Gasteiger partial charge in [-0.1, -0.05) is 91.8 Å². The SMILES string of the molecule is CC(C)c1ccc(B2OB(c3ccc(C(C)(C)C)c(N)c3)OB(c3ccc(C(C)(C)C)c(N)c3)O2)cc1N. The molecule has 1 aliphatic rings. The molecule has 0 spiro atoms. The van der Waals surface area contributed by atoms with Crippen LogP contribution in [0.1, 0.15) is 78.0 Å². The van der Waals surface area contributed by atoms with Crippen LogP contribution in [0.2, 0.25) is 0 Å². The number of nitrogens with two attached hydrogens (primary N) is 3. The number of hydrogen-bond donors (Lipinski definition) is 3. The molecule has 0 saturated carbocycles. The molecule has 3 aromatic rings. The van der Waals surface area contributed by atoms with Gasteiger partial charge in [-0.15, -0.1) is 0 Å². The molecule has 198 valence electrons. The van der Waals surface area contributed by atoms with Gasteiger partial charge >= 0.3 is 21.4 Å². The molecule has 0 radical (unpaired) electrons. The van der Waals surface area contributed by atoms with Crippen LogP contribution in [0.25, 0.3) is 0 Å². The molecular formula is C29H40B3N3O3. The summed E-state index contributed by atoms with van der Waals surface area (Å²) in [5, 5.41) is 0. The maximum Gasteiger partial charge on any atom is 0.467 e. The van der Waals surface area contributed by atoms with Crippen LogP contribution < -0.4 is 33.6 Å². The number of anilines is 3. The Hall–Kier alpha value is -2.87. The first-order valence-corrected chi connectivity index (χ1v) is 13.3. The van der Waals surface area contributed by atoms with Gasteiger partial charge in [-0.25, -0.2) is 0 Å². The highest BCUT2D eigenvalue weighted by atomic mass is 16.7. The zero-order valence-electron chi connectivity index (χ0n) is 24.0. The summed E-state index contributed by atoms with van der Waals surface area (Å²) in [6.45, 7) is 17.1. The number of rotatable bonds is 4. The maximum absolute atomic E-state index is 6.47. The lowest BCUT2D eigenvalue weighted by molar-refractivity contribution is 0.308. The van der Waals surface area contributed by atoms with Crippen LogP contribution >= 0.6 is 0 Å². The molecule has 1 saturated heterocycles. The van der Waals surface area contributed by atoms with Crippen molar-refractivity contribution in [3.63, 3.8) is 0 Å². The van der Waals surface area contributed by atoms with Crippen LogP contribution in [0.3, 0.4) is 0 Å². The third kappa shape index (κ3) is 5.90. The Labute approximate surface area is 229 Å². The van der Waals surface area contributed by atoms with E-state index in [2.05, 4.69) is 55.4 Å². The van der Waals surface area contributed by atoms with E-state index in [4.69, 9.17) is 30.9 Å². The Balaban J connectivity index is 1.73. The molecule has 3 aromatic carbocycles. The van der Waals surface area contributed by atoms with Crippen molar-refractivity contribution >= 4 is 54.8 Å². The fourth-order valence-electron chi connectivity index (χ4n) is 4.99. The van der Waals surface area contributed by atoms with Crippen molar-refractivity contribution in [2.75, 3.05) is 17.2 Å². The highest BCUT2D eigenvalue weighted by Crippen LogP contribution is 2.29. The van der Waals surface area contributed by atoms with E-state index in [1.54, 1.807) is 0 Å². The van der Waals surface area contributed by atoms with E-state index >= 15 is 0 Å². The second kappa shape index (κ2) is 10.4. The highest BCUT2D eigenvalue weighted by Gasteiger charge is 2.44. The molecule has 0 aliphatic carbocycles. The smallest absolute Gasteiger partial charge is 0.445 e. The first-order chi connectivity index (χ1) is 17.6. The maximum atomic E-state index is 6.47. The molecule has 0 atom stereocenters. The Kier molecular flexibility index (Phi) is 7.68. The van der Waals surface area contributed by atoms with Crippen LogP contribution in [-0.4, -0.2) is 21.4 Å². The lowest BCUT2D eigenvalue weighted by Crippen LogP contribution is -2.61. The standard InChI is InChI=1S/C29H40B3N3O3/c1-18(2)22-12-9-19(15-25(22)33)30-36-31(20-10-13-23(26(34)16-20)28(3,4)5)38-32(37-30)21-11-14-24(27(35)17-21)29(6,7)8/h9-18H,33-35H2,1-8H3. The van der Waals surface area contributed by atoms with Crippen LogP contribution in [0, 0.1) is 0 Å². The first kappa shape index (κ1) is 28.2. The normalized spacial score (nSPS) is 14.9. The van der Waals surface area contributed by atoms with Crippen molar-refractivity contribution in [3.8, 4) is 0 Å². The van der Waals surface area contributed by atoms with Crippen molar-refractivity contribution in [1.82, 2.24) is 0 Å². The predicted octanol–water partition coefficient (Wildman–Crippen LogP) is 3.70. The summed E-state index contributed by atoms with van der Waals surface area (Å²) in [6, 6.07) is 17.9. The van der Waals surface area contributed by atoms with Gasteiger partial charge in [0, 0.05) is 17.1 Å². The van der Waals surface area contributed by atoms with Crippen molar-refractivity contribution in [2.24, 2.45) is 0 Å². The number of hydrogen-bond acceptors (Lipinski definition) is 6. The van der Waals surface area contributed by atoms with Gasteiger partial charge < -0.3 is 30.9 Å². The minimum atomic E-state index is -0.704. The summed E-state index contributed by atoms with van der Waals surface area (Å²) in [7, 11) is -2.11. The predicted molar refractivity (Wildman–Crippen MR) is 163 cm³/mol. The topological polar surface area (TPSA) is 106 Å². The van der Waals surface area contributed by atoms with E-state index in [0.717, 1.165) is 33.1 Å². The molecule has 1 aliphatic heterocycles.